The molecule has 1 fully saturated rings. The van der Waals surface area contributed by atoms with Crippen LogP contribution in [0.15, 0.2) is 36.4 Å². The van der Waals surface area contributed by atoms with Crippen LogP contribution < -0.4 is 10.6 Å². The van der Waals surface area contributed by atoms with Crippen LogP contribution in [-0.2, 0) is 17.4 Å². The highest BCUT2D eigenvalue weighted by Gasteiger charge is 2.33. The second-order valence-corrected chi connectivity index (χ2v) is 10.0. The smallest absolute Gasteiger partial charge is 0.368 e. The van der Waals surface area contributed by atoms with Crippen LogP contribution in [0.2, 0.25) is 10.0 Å². The van der Waals surface area contributed by atoms with Crippen LogP contribution in [-0.4, -0.2) is 37.0 Å². The highest BCUT2D eigenvalue weighted by molar-refractivity contribution is 6.35. The lowest BCUT2D eigenvalue weighted by Crippen LogP contribution is -2.50. The third-order valence-electron chi connectivity index (χ3n) is 6.33. The summed E-state index contributed by atoms with van der Waals surface area (Å²) in [6, 6.07) is 8.48. The molecule has 34 heavy (non-hydrogen) atoms. The quantitative estimate of drug-likeness (QED) is 0.498. The maximum atomic E-state index is 13.3. The Morgan fingerprint density at radius 3 is 2.24 bits per heavy atom. The molecule has 9 heteroatoms. The molecule has 0 unspecified atom stereocenters. The number of carbonyl (C=O) groups is 1. The van der Waals surface area contributed by atoms with Crippen molar-refractivity contribution in [1.29, 1.82) is 0 Å². The summed E-state index contributed by atoms with van der Waals surface area (Å²) < 4.78 is 39.9. The molecule has 0 saturated carbocycles. The summed E-state index contributed by atoms with van der Waals surface area (Å²) in [5.74, 6) is -0.260. The Bertz CT molecular complexity index is 1020. The van der Waals surface area contributed by atoms with E-state index in [-0.39, 0.29) is 17.7 Å². The molecule has 1 amide bonds. The van der Waals surface area contributed by atoms with E-state index in [1.165, 1.54) is 6.07 Å². The second kappa shape index (κ2) is 10.8. The Hall–Kier alpha value is -1.96. The van der Waals surface area contributed by atoms with Crippen molar-refractivity contribution in [2.45, 2.75) is 39.4 Å². The van der Waals surface area contributed by atoms with Gasteiger partial charge in [0.25, 0.3) is 0 Å². The predicted octanol–water partition coefficient (Wildman–Crippen LogP) is 6.20. The summed E-state index contributed by atoms with van der Waals surface area (Å²) >= 11 is 12.2. The number of halogens is 5. The van der Waals surface area contributed by atoms with Crippen molar-refractivity contribution >= 4 is 34.8 Å². The lowest BCUT2D eigenvalue weighted by Gasteiger charge is -2.39. The fourth-order valence-corrected chi connectivity index (χ4v) is 4.71. The summed E-state index contributed by atoms with van der Waals surface area (Å²) in [7, 11) is 0. The molecule has 2 aromatic carbocycles. The van der Waals surface area contributed by atoms with Crippen molar-refractivity contribution in [1.82, 2.24) is 4.90 Å². The summed E-state index contributed by atoms with van der Waals surface area (Å²) in [4.78, 5) is 16.9. The van der Waals surface area contributed by atoms with E-state index >= 15 is 0 Å². The molecule has 186 valence electrons. The van der Waals surface area contributed by atoms with Crippen molar-refractivity contribution in [2.24, 2.45) is 17.6 Å². The molecule has 0 aliphatic carbocycles. The molecule has 1 saturated heterocycles. The van der Waals surface area contributed by atoms with Crippen LogP contribution in [0, 0.1) is 11.8 Å². The van der Waals surface area contributed by atoms with Gasteiger partial charge >= 0.3 is 6.18 Å². The van der Waals surface area contributed by atoms with E-state index in [1.54, 1.807) is 17.0 Å². The molecule has 3 rings (SSSR count). The zero-order valence-electron chi connectivity index (χ0n) is 19.5. The topological polar surface area (TPSA) is 49.6 Å². The van der Waals surface area contributed by atoms with Crippen LogP contribution in [0.3, 0.4) is 0 Å². The predicted molar refractivity (Wildman–Crippen MR) is 131 cm³/mol. The summed E-state index contributed by atoms with van der Waals surface area (Å²) in [5.41, 5.74) is 7.63. The van der Waals surface area contributed by atoms with Gasteiger partial charge in [-0.05, 0) is 53.8 Å². The van der Waals surface area contributed by atoms with E-state index in [2.05, 4.69) is 0 Å². The maximum Gasteiger partial charge on any atom is 0.416 e. The average Bonchev–Trinajstić information content (AvgIpc) is 2.79. The molecule has 0 spiro atoms. The van der Waals surface area contributed by atoms with E-state index in [0.717, 1.165) is 17.7 Å². The number of anilines is 1. The monoisotopic (exact) mass is 515 g/mol. The summed E-state index contributed by atoms with van der Waals surface area (Å²) in [6.45, 7) is 7.64. The molecular weight excluding hydrogens is 486 g/mol. The number of nitrogens with zero attached hydrogens (tertiary/aromatic N) is 2. The average molecular weight is 516 g/mol. The third-order valence-corrected chi connectivity index (χ3v) is 6.91. The lowest BCUT2D eigenvalue weighted by molar-refractivity contribution is -0.137. The van der Waals surface area contributed by atoms with E-state index in [9.17, 15) is 18.0 Å². The van der Waals surface area contributed by atoms with Gasteiger partial charge in [-0.25, -0.2) is 0 Å². The molecule has 0 bridgehead atoms. The molecule has 1 aliphatic heterocycles. The maximum absolute atomic E-state index is 13.3. The molecule has 2 atom stereocenters. The van der Waals surface area contributed by atoms with Crippen molar-refractivity contribution in [3.05, 3.63) is 63.1 Å². The van der Waals surface area contributed by atoms with Gasteiger partial charge in [0.2, 0.25) is 5.91 Å². The van der Waals surface area contributed by atoms with Gasteiger partial charge < -0.3 is 15.5 Å². The van der Waals surface area contributed by atoms with Crippen molar-refractivity contribution in [2.75, 3.05) is 31.1 Å². The summed E-state index contributed by atoms with van der Waals surface area (Å²) in [5, 5.41) is 1.08. The number of amides is 1. The molecule has 0 radical (unpaired) electrons. The Balaban J connectivity index is 1.70. The number of alkyl halides is 3. The number of carbonyl (C=O) groups excluding carboxylic acids is 1. The van der Waals surface area contributed by atoms with Gasteiger partial charge in [-0.2, -0.15) is 13.2 Å². The first-order valence-corrected chi connectivity index (χ1v) is 12.1. The Morgan fingerprint density at radius 2 is 1.68 bits per heavy atom. The van der Waals surface area contributed by atoms with Crippen LogP contribution in [0.4, 0.5) is 18.9 Å². The zero-order valence-corrected chi connectivity index (χ0v) is 21.0. The largest absolute Gasteiger partial charge is 0.416 e. The van der Waals surface area contributed by atoms with Crippen LogP contribution >= 0.6 is 23.2 Å². The van der Waals surface area contributed by atoms with Crippen LogP contribution in [0.1, 0.15) is 43.5 Å². The van der Waals surface area contributed by atoms with E-state index in [0.29, 0.717) is 53.9 Å². The number of benzene rings is 2. The SMILES string of the molecule is CC(C)[C@H](N)c1cc(C(F)(F)F)ccc1N1CCN(C(=O)[C@H](C)Cc2ccc(Cl)cc2Cl)CC1. The number of hydrogen-bond donors (Lipinski definition) is 1. The molecule has 1 aliphatic rings. The van der Waals surface area contributed by atoms with Gasteiger partial charge in [0, 0.05) is 53.9 Å². The number of nitrogens with two attached hydrogens (primary N) is 1. The standard InChI is InChI=1S/C25H30Cl2F3N3O/c1-15(2)23(31)20-13-18(25(28,29)30)5-7-22(20)32-8-10-33(11-9-32)24(34)16(3)12-17-4-6-19(26)14-21(17)27/h4-7,13-16,23H,8-12,31H2,1-3H3/t16-,23+/m1/s1. The minimum atomic E-state index is -4.43. The Morgan fingerprint density at radius 1 is 1.03 bits per heavy atom. The highest BCUT2D eigenvalue weighted by Crippen LogP contribution is 2.37. The fraction of sp³-hybridized carbons (Fsp3) is 0.480. The number of rotatable bonds is 6. The molecule has 2 aromatic rings. The van der Waals surface area contributed by atoms with Crippen LogP contribution in [0.25, 0.3) is 0 Å². The van der Waals surface area contributed by atoms with Crippen molar-refractivity contribution in [3.8, 4) is 0 Å². The molecular formula is C25H30Cl2F3N3O. The second-order valence-electron chi connectivity index (χ2n) is 9.19. The van der Waals surface area contributed by atoms with Gasteiger partial charge in [0.1, 0.15) is 0 Å². The number of hydrogen-bond acceptors (Lipinski definition) is 3. The fourth-order valence-electron chi connectivity index (χ4n) is 4.23. The van der Waals surface area contributed by atoms with Gasteiger partial charge in [-0.1, -0.05) is 50.0 Å². The lowest BCUT2D eigenvalue weighted by atomic mass is 9.93. The van der Waals surface area contributed by atoms with E-state index in [1.807, 2.05) is 31.7 Å². The van der Waals surface area contributed by atoms with Gasteiger partial charge in [-0.15, -0.1) is 0 Å². The first-order chi connectivity index (χ1) is 15.9. The molecule has 4 nitrogen and oxygen atoms in total. The van der Waals surface area contributed by atoms with Gasteiger partial charge in [-0.3, -0.25) is 4.79 Å². The first kappa shape index (κ1) is 26.6. The van der Waals surface area contributed by atoms with Gasteiger partial charge in [0.05, 0.1) is 5.56 Å². The Labute approximate surface area is 208 Å². The normalized spacial score (nSPS) is 16.6. The van der Waals surface area contributed by atoms with E-state index in [4.69, 9.17) is 28.9 Å². The summed E-state index contributed by atoms with van der Waals surface area (Å²) in [6.07, 6.45) is -3.93. The van der Waals surface area contributed by atoms with Crippen molar-refractivity contribution < 1.29 is 18.0 Å². The highest BCUT2D eigenvalue weighted by atomic mass is 35.5. The minimum absolute atomic E-state index is 0.0226. The zero-order chi connectivity index (χ0) is 25.2. The van der Waals surface area contributed by atoms with Gasteiger partial charge in [0.15, 0.2) is 0 Å². The third kappa shape index (κ3) is 6.18. The molecule has 2 N–H and O–H groups in total. The number of piperazine rings is 1. The van der Waals surface area contributed by atoms with E-state index < -0.39 is 17.8 Å². The molecule has 0 aromatic heterocycles. The minimum Gasteiger partial charge on any atom is -0.368 e. The molecule has 1 heterocycles. The van der Waals surface area contributed by atoms with Crippen LogP contribution in [0.5, 0.6) is 0 Å². The van der Waals surface area contributed by atoms with Crippen molar-refractivity contribution in [3.63, 3.8) is 0 Å². The Kier molecular flexibility index (Phi) is 8.43. The first-order valence-electron chi connectivity index (χ1n) is 11.3.